The van der Waals surface area contributed by atoms with Crippen LogP contribution in [-0.2, 0) is 0 Å². The lowest BCUT2D eigenvalue weighted by molar-refractivity contribution is 0.573. The number of H-pyrrole nitrogens is 1. The molecule has 3 rings (SSSR count). The van der Waals surface area contributed by atoms with Crippen LogP contribution in [0.5, 0.6) is 0 Å². The molecule has 94 valence electrons. The zero-order chi connectivity index (χ0) is 13.1. The third kappa shape index (κ3) is 2.36. The summed E-state index contributed by atoms with van der Waals surface area (Å²) >= 11 is 5.14. The predicted octanol–water partition coefficient (Wildman–Crippen LogP) is 2.48. The van der Waals surface area contributed by atoms with Gasteiger partial charge in [-0.25, -0.2) is 5.10 Å². The highest BCUT2D eigenvalue weighted by molar-refractivity contribution is 7.71. The fraction of sp³-hybridized carbons (Fsp3) is 0. The van der Waals surface area contributed by atoms with E-state index in [1.807, 2.05) is 12.1 Å². The first-order valence-electron chi connectivity index (χ1n) is 5.50. The van der Waals surface area contributed by atoms with Gasteiger partial charge in [0.2, 0.25) is 10.6 Å². The molecule has 0 aliphatic rings. The van der Waals surface area contributed by atoms with Crippen LogP contribution in [0.3, 0.4) is 0 Å². The van der Waals surface area contributed by atoms with Crippen LogP contribution < -0.4 is 0 Å². The number of nitrogens with zero attached hydrogens (tertiary/aromatic N) is 4. The summed E-state index contributed by atoms with van der Waals surface area (Å²) < 4.78 is 7.19. The van der Waals surface area contributed by atoms with Gasteiger partial charge in [-0.2, -0.15) is 9.78 Å². The van der Waals surface area contributed by atoms with Crippen LogP contribution in [-0.4, -0.2) is 26.1 Å². The Kier molecular flexibility index (Phi) is 3.03. The van der Waals surface area contributed by atoms with Crippen molar-refractivity contribution in [3.8, 4) is 11.6 Å². The van der Waals surface area contributed by atoms with Crippen LogP contribution in [0.4, 0.5) is 0 Å². The van der Waals surface area contributed by atoms with E-state index in [4.69, 9.17) is 16.6 Å². The number of rotatable bonds is 3. The molecule has 0 unspecified atom stereocenters. The summed E-state index contributed by atoms with van der Waals surface area (Å²) in [6.45, 7) is 0. The first kappa shape index (κ1) is 11.5. The fourth-order valence-corrected chi connectivity index (χ4v) is 1.72. The average Bonchev–Trinajstić information content (AvgIpc) is 3.07. The maximum absolute atomic E-state index is 5.29. The van der Waals surface area contributed by atoms with Crippen molar-refractivity contribution in [1.82, 2.24) is 19.9 Å². The molecule has 0 radical (unpaired) electrons. The topological polar surface area (TPSA) is 72.0 Å². The first-order valence-corrected chi connectivity index (χ1v) is 5.91. The molecule has 0 saturated carbocycles. The van der Waals surface area contributed by atoms with Crippen molar-refractivity contribution in [2.24, 2.45) is 5.10 Å². The van der Waals surface area contributed by atoms with Gasteiger partial charge in [0.1, 0.15) is 0 Å². The molecule has 6 nitrogen and oxygen atoms in total. The van der Waals surface area contributed by atoms with Gasteiger partial charge in [0.15, 0.2) is 5.76 Å². The Morgan fingerprint density at radius 3 is 3.05 bits per heavy atom. The van der Waals surface area contributed by atoms with E-state index in [-0.39, 0.29) is 0 Å². The minimum absolute atomic E-state index is 0.395. The summed E-state index contributed by atoms with van der Waals surface area (Å²) in [6, 6.07) is 7.31. The Bertz CT molecular complexity index is 742. The first-order chi connectivity index (χ1) is 9.34. The molecule has 0 aromatic carbocycles. The van der Waals surface area contributed by atoms with Crippen molar-refractivity contribution in [3.05, 3.63) is 53.3 Å². The van der Waals surface area contributed by atoms with Crippen molar-refractivity contribution >= 4 is 18.4 Å². The summed E-state index contributed by atoms with van der Waals surface area (Å²) in [7, 11) is 0. The molecule has 0 saturated heterocycles. The Morgan fingerprint density at radius 1 is 1.37 bits per heavy atom. The lowest BCUT2D eigenvalue weighted by Gasteiger charge is -1.96. The number of nitrogens with one attached hydrogen (secondary N) is 1. The van der Waals surface area contributed by atoms with E-state index in [0.717, 1.165) is 5.56 Å². The zero-order valence-electron chi connectivity index (χ0n) is 9.72. The molecule has 0 atom stereocenters. The molecule has 0 fully saturated rings. The van der Waals surface area contributed by atoms with Crippen molar-refractivity contribution in [2.75, 3.05) is 0 Å². The van der Waals surface area contributed by atoms with Gasteiger partial charge in [0.05, 0.1) is 12.5 Å². The summed E-state index contributed by atoms with van der Waals surface area (Å²) in [6.07, 6.45) is 6.64. The highest BCUT2D eigenvalue weighted by Gasteiger charge is 2.10. The molecular weight excluding hydrogens is 262 g/mol. The summed E-state index contributed by atoms with van der Waals surface area (Å²) in [5.41, 5.74) is 0.871. The van der Waals surface area contributed by atoms with Crippen LogP contribution in [0.25, 0.3) is 11.6 Å². The van der Waals surface area contributed by atoms with Crippen LogP contribution >= 0.6 is 12.2 Å². The molecule has 0 bridgehead atoms. The van der Waals surface area contributed by atoms with Gasteiger partial charge >= 0.3 is 0 Å². The van der Waals surface area contributed by atoms with E-state index >= 15 is 0 Å². The van der Waals surface area contributed by atoms with E-state index in [9.17, 15) is 0 Å². The van der Waals surface area contributed by atoms with Gasteiger partial charge in [-0.05, 0) is 30.4 Å². The van der Waals surface area contributed by atoms with Gasteiger partial charge < -0.3 is 4.42 Å². The molecular formula is C12H9N5OS. The quantitative estimate of drug-likeness (QED) is 0.586. The second-order valence-corrected chi connectivity index (χ2v) is 4.06. The van der Waals surface area contributed by atoms with Crippen molar-refractivity contribution < 1.29 is 4.42 Å². The number of hydrogen-bond acceptors (Lipinski definition) is 5. The van der Waals surface area contributed by atoms with Gasteiger partial charge in [0.25, 0.3) is 0 Å². The summed E-state index contributed by atoms with van der Waals surface area (Å²) in [5.74, 6) is 1.12. The van der Waals surface area contributed by atoms with Crippen molar-refractivity contribution in [2.45, 2.75) is 0 Å². The number of aromatic amines is 1. The molecule has 1 N–H and O–H groups in total. The average molecular weight is 271 g/mol. The maximum atomic E-state index is 5.29. The third-order valence-electron chi connectivity index (χ3n) is 2.40. The second-order valence-electron chi connectivity index (χ2n) is 3.67. The standard InChI is InChI=1S/C12H9N5OS/c19-12-16-15-11(10-4-2-6-18-10)17(12)14-8-9-3-1-5-13-7-9/h1-8H,(H,16,19). The van der Waals surface area contributed by atoms with Gasteiger partial charge in [0, 0.05) is 18.0 Å². The fourth-order valence-electron chi connectivity index (χ4n) is 1.54. The number of hydrogen-bond donors (Lipinski definition) is 1. The van der Waals surface area contributed by atoms with E-state index in [1.165, 1.54) is 4.68 Å². The van der Waals surface area contributed by atoms with Gasteiger partial charge in [-0.15, -0.1) is 5.10 Å². The Balaban J connectivity index is 2.00. The molecule has 0 aliphatic heterocycles. The predicted molar refractivity (Wildman–Crippen MR) is 72.3 cm³/mol. The van der Waals surface area contributed by atoms with Crippen LogP contribution in [0, 0.1) is 4.77 Å². The molecule has 0 amide bonds. The summed E-state index contributed by atoms with van der Waals surface area (Å²) in [5, 5.41) is 11.1. The second kappa shape index (κ2) is 4.99. The minimum atomic E-state index is 0.395. The SMILES string of the molecule is S=c1[nH]nc(-c2ccco2)n1N=Cc1cccnc1. The lowest BCUT2D eigenvalue weighted by atomic mass is 10.3. The molecule has 3 aromatic heterocycles. The zero-order valence-corrected chi connectivity index (χ0v) is 10.5. The molecule has 19 heavy (non-hydrogen) atoms. The van der Waals surface area contributed by atoms with Crippen LogP contribution in [0.1, 0.15) is 5.56 Å². The molecule has 3 heterocycles. The van der Waals surface area contributed by atoms with E-state index in [2.05, 4.69) is 20.3 Å². The maximum Gasteiger partial charge on any atom is 0.219 e. The number of aromatic nitrogens is 4. The largest absolute Gasteiger partial charge is 0.461 e. The van der Waals surface area contributed by atoms with E-state index < -0.39 is 0 Å². The third-order valence-corrected chi connectivity index (χ3v) is 2.66. The minimum Gasteiger partial charge on any atom is -0.461 e. The Morgan fingerprint density at radius 2 is 2.32 bits per heavy atom. The van der Waals surface area contributed by atoms with Gasteiger partial charge in [-0.3, -0.25) is 4.98 Å². The van der Waals surface area contributed by atoms with E-state index in [1.54, 1.807) is 37.0 Å². The number of furan rings is 1. The van der Waals surface area contributed by atoms with Crippen LogP contribution in [0.2, 0.25) is 0 Å². The Labute approximate surface area is 113 Å². The highest BCUT2D eigenvalue weighted by atomic mass is 32.1. The molecule has 7 heteroatoms. The highest BCUT2D eigenvalue weighted by Crippen LogP contribution is 2.17. The van der Waals surface area contributed by atoms with E-state index in [0.29, 0.717) is 16.4 Å². The van der Waals surface area contributed by atoms with Crippen LogP contribution in [0.15, 0.2) is 52.4 Å². The smallest absolute Gasteiger partial charge is 0.219 e. The molecule has 0 aliphatic carbocycles. The van der Waals surface area contributed by atoms with Crippen molar-refractivity contribution in [1.29, 1.82) is 0 Å². The van der Waals surface area contributed by atoms with Crippen molar-refractivity contribution in [3.63, 3.8) is 0 Å². The number of pyridine rings is 1. The molecule has 3 aromatic rings. The Hall–Kier alpha value is -2.54. The normalized spacial score (nSPS) is 11.2. The van der Waals surface area contributed by atoms with Gasteiger partial charge in [-0.1, -0.05) is 6.07 Å². The monoisotopic (exact) mass is 271 g/mol. The summed E-state index contributed by atoms with van der Waals surface area (Å²) in [4.78, 5) is 4.01. The lowest BCUT2D eigenvalue weighted by Crippen LogP contribution is -1.94. The molecule has 0 spiro atoms.